The zero-order valence-electron chi connectivity index (χ0n) is 24.3. The molecule has 5 aromatic rings. The van der Waals surface area contributed by atoms with Crippen LogP contribution in [0.5, 0.6) is 0 Å². The number of hydrogen-bond donors (Lipinski definition) is 0. The highest BCUT2D eigenvalue weighted by molar-refractivity contribution is 5.84. The lowest BCUT2D eigenvalue weighted by atomic mass is 9.90. The first kappa shape index (κ1) is 28.2. The fourth-order valence-electron chi connectivity index (χ4n) is 6.03. The van der Waals surface area contributed by atoms with Crippen molar-refractivity contribution in [3.63, 3.8) is 0 Å². The van der Waals surface area contributed by atoms with Crippen molar-refractivity contribution in [1.29, 1.82) is 0 Å². The molecule has 0 fully saturated rings. The second kappa shape index (κ2) is 11.1. The van der Waals surface area contributed by atoms with Crippen LogP contribution < -0.4 is 0 Å². The van der Waals surface area contributed by atoms with Gasteiger partial charge < -0.3 is 13.9 Å². The van der Waals surface area contributed by atoms with Crippen molar-refractivity contribution in [2.45, 2.75) is 59.1 Å². The summed E-state index contributed by atoms with van der Waals surface area (Å²) in [7, 11) is 1.53. The summed E-state index contributed by atoms with van der Waals surface area (Å²) in [5.41, 5.74) is 4.86. The van der Waals surface area contributed by atoms with Crippen LogP contribution in [0.4, 0.5) is 13.2 Å². The van der Waals surface area contributed by atoms with Crippen molar-refractivity contribution in [2.75, 3.05) is 13.3 Å². The van der Waals surface area contributed by atoms with Gasteiger partial charge in [0.05, 0.1) is 13.3 Å². The molecule has 7 nitrogen and oxygen atoms in total. The first-order valence-corrected chi connectivity index (χ1v) is 14.2. The largest absolute Gasteiger partial charge is 0.435 e. The monoisotopic (exact) mass is 576 g/mol. The maximum Gasteiger partial charge on any atom is 0.435 e. The second-order valence-corrected chi connectivity index (χ2v) is 11.4. The number of rotatable bonds is 6. The van der Waals surface area contributed by atoms with E-state index in [-0.39, 0.29) is 5.56 Å². The first-order chi connectivity index (χ1) is 20.1. The molecule has 0 spiro atoms. The summed E-state index contributed by atoms with van der Waals surface area (Å²) in [5, 5.41) is 5.02. The maximum atomic E-state index is 14.2. The predicted octanol–water partition coefficient (Wildman–Crippen LogP) is 6.73. The quantitative estimate of drug-likeness (QED) is 0.225. The highest BCUT2D eigenvalue weighted by Crippen LogP contribution is 2.39. The van der Waals surface area contributed by atoms with E-state index in [9.17, 15) is 13.2 Å². The minimum atomic E-state index is -4.57. The van der Waals surface area contributed by atoms with Crippen molar-refractivity contribution < 1.29 is 17.9 Å². The minimum Gasteiger partial charge on any atom is -0.361 e. The Morgan fingerprint density at radius 1 is 1.05 bits per heavy atom. The van der Waals surface area contributed by atoms with E-state index in [0.717, 1.165) is 22.5 Å². The van der Waals surface area contributed by atoms with Gasteiger partial charge in [-0.3, -0.25) is 9.58 Å². The van der Waals surface area contributed by atoms with Crippen molar-refractivity contribution >= 4 is 10.9 Å². The van der Waals surface area contributed by atoms with E-state index in [1.807, 2.05) is 23.8 Å². The third-order valence-corrected chi connectivity index (χ3v) is 8.05. The van der Waals surface area contributed by atoms with Crippen LogP contribution in [0.3, 0.4) is 0 Å². The maximum absolute atomic E-state index is 14.2. The van der Waals surface area contributed by atoms with Crippen molar-refractivity contribution in [1.82, 2.24) is 28.8 Å². The summed E-state index contributed by atoms with van der Waals surface area (Å²) < 4.78 is 54.2. The smallest absolute Gasteiger partial charge is 0.361 e. The van der Waals surface area contributed by atoms with Crippen LogP contribution in [0.15, 0.2) is 61.2 Å². The molecular formula is C32H35F3N6O. The Labute approximate surface area is 243 Å². The summed E-state index contributed by atoms with van der Waals surface area (Å²) in [5.74, 6) is 0.839. The van der Waals surface area contributed by atoms with Crippen LogP contribution in [0.1, 0.15) is 53.7 Å². The highest BCUT2D eigenvalue weighted by Gasteiger charge is 2.38. The van der Waals surface area contributed by atoms with Gasteiger partial charge in [-0.05, 0) is 67.1 Å². The molecule has 6 rings (SSSR count). The Morgan fingerprint density at radius 3 is 2.60 bits per heavy atom. The van der Waals surface area contributed by atoms with Crippen LogP contribution in [0, 0.1) is 6.92 Å². The van der Waals surface area contributed by atoms with Gasteiger partial charge in [0, 0.05) is 74.0 Å². The van der Waals surface area contributed by atoms with E-state index in [1.54, 1.807) is 6.20 Å². The van der Waals surface area contributed by atoms with Crippen molar-refractivity contribution in [2.24, 2.45) is 7.05 Å². The van der Waals surface area contributed by atoms with E-state index in [4.69, 9.17) is 4.74 Å². The molecule has 3 aromatic heterocycles. The molecule has 0 saturated heterocycles. The number of aryl methyl sites for hydroxylation is 2. The average Bonchev–Trinajstić information content (AvgIpc) is 3.63. The lowest BCUT2D eigenvalue weighted by Gasteiger charge is -2.27. The number of imidazole rings is 1. The molecule has 1 aliphatic rings. The van der Waals surface area contributed by atoms with E-state index < -0.39 is 11.9 Å². The van der Waals surface area contributed by atoms with Crippen LogP contribution in [-0.4, -0.2) is 42.1 Å². The summed E-state index contributed by atoms with van der Waals surface area (Å²) >= 11 is 0. The topological polar surface area (TPSA) is 53.0 Å². The summed E-state index contributed by atoms with van der Waals surface area (Å²) in [4.78, 5) is 6.53. The lowest BCUT2D eigenvalue weighted by molar-refractivity contribution is -0.140. The van der Waals surface area contributed by atoms with E-state index in [1.165, 1.54) is 34.4 Å². The number of halogens is 3. The molecule has 2 aromatic carbocycles. The van der Waals surface area contributed by atoms with Gasteiger partial charge in [-0.1, -0.05) is 24.3 Å². The lowest BCUT2D eigenvalue weighted by Crippen LogP contribution is -2.30. The third kappa shape index (κ3) is 5.48. The summed E-state index contributed by atoms with van der Waals surface area (Å²) in [6.07, 6.45) is 3.30. The van der Waals surface area contributed by atoms with E-state index >= 15 is 0 Å². The molecule has 42 heavy (non-hydrogen) atoms. The number of para-hydroxylation sites is 1. The molecule has 10 heteroatoms. The molecule has 0 bridgehead atoms. The third-order valence-electron chi connectivity index (χ3n) is 8.05. The molecule has 0 radical (unpaired) electrons. The number of nitrogens with zero attached hydrogens (tertiary/aromatic N) is 6. The molecule has 0 amide bonds. The van der Waals surface area contributed by atoms with Crippen molar-refractivity contribution in [3.05, 3.63) is 95.0 Å². The fraction of sp³-hybridized carbons (Fsp3) is 0.375. The predicted molar refractivity (Wildman–Crippen MR) is 156 cm³/mol. The second-order valence-electron chi connectivity index (χ2n) is 11.4. The average molecular weight is 577 g/mol. The Balaban J connectivity index is 1.37. The molecule has 0 aliphatic carbocycles. The number of hydrogen-bond acceptors (Lipinski definition) is 4. The Kier molecular flexibility index (Phi) is 7.44. The molecule has 220 valence electrons. The minimum absolute atomic E-state index is 0.0950. The molecule has 4 heterocycles. The van der Waals surface area contributed by atoms with Gasteiger partial charge in [0.2, 0.25) is 0 Å². The van der Waals surface area contributed by atoms with E-state index in [2.05, 4.69) is 69.9 Å². The number of fused-ring (bicyclic) bond motifs is 2. The highest BCUT2D eigenvalue weighted by atomic mass is 19.4. The number of ether oxygens (including phenoxy) is 1. The summed E-state index contributed by atoms with van der Waals surface area (Å²) in [6, 6.07) is 12.7. The van der Waals surface area contributed by atoms with Crippen LogP contribution in [-0.2, 0) is 44.1 Å². The Morgan fingerprint density at radius 2 is 1.86 bits per heavy atom. The first-order valence-electron chi connectivity index (χ1n) is 14.2. The molecular weight excluding hydrogens is 541 g/mol. The molecule has 0 N–H and O–H groups in total. The standard InChI is InChI=1S/C32H35F3N6O/c1-21(2)41-17-25(27-7-5-6-8-30(27)41)16-39-11-9-26-24(19-42-20-39)13-23(15-40-12-10-36-22(40)3)14-28(26)29-18-38(4)37-31(29)32(33,34)35/h5-8,10,12-14,17-18,21H,9,11,15-16,19-20H2,1-4H3. The molecule has 0 atom stereocenters. The number of aromatic nitrogens is 5. The Bertz CT molecular complexity index is 1730. The normalized spacial score (nSPS) is 14.9. The van der Waals surface area contributed by atoms with E-state index in [0.29, 0.717) is 51.0 Å². The molecule has 1 aliphatic heterocycles. The van der Waals surface area contributed by atoms with Gasteiger partial charge in [0.15, 0.2) is 5.69 Å². The van der Waals surface area contributed by atoms with Gasteiger partial charge in [-0.15, -0.1) is 0 Å². The number of benzene rings is 2. The van der Waals surface area contributed by atoms with Crippen LogP contribution >= 0.6 is 0 Å². The zero-order valence-corrected chi connectivity index (χ0v) is 24.3. The fourth-order valence-corrected chi connectivity index (χ4v) is 6.03. The van der Waals surface area contributed by atoms with Gasteiger partial charge >= 0.3 is 6.18 Å². The van der Waals surface area contributed by atoms with Crippen molar-refractivity contribution in [3.8, 4) is 11.1 Å². The van der Waals surface area contributed by atoms with Crippen LogP contribution in [0.2, 0.25) is 0 Å². The number of alkyl halides is 3. The van der Waals surface area contributed by atoms with Crippen LogP contribution in [0.25, 0.3) is 22.0 Å². The SMILES string of the molecule is Cc1nccn1Cc1cc2c(c(-c3cn(C)nc3C(F)(F)F)c1)CCN(Cc1cn(C(C)C)c3ccccc13)COC2. The molecule has 0 saturated carbocycles. The summed E-state index contributed by atoms with van der Waals surface area (Å²) in [6.45, 7) is 8.82. The van der Waals surface area contributed by atoms with Gasteiger partial charge in [0.1, 0.15) is 5.82 Å². The van der Waals surface area contributed by atoms with Gasteiger partial charge in [-0.2, -0.15) is 18.3 Å². The van der Waals surface area contributed by atoms with Gasteiger partial charge in [0.25, 0.3) is 0 Å². The van der Waals surface area contributed by atoms with Gasteiger partial charge in [-0.25, -0.2) is 4.98 Å². The zero-order chi connectivity index (χ0) is 29.6. The molecule has 0 unspecified atom stereocenters. The Hall–Kier alpha value is -3.89.